The number of hydrogen-bond donors (Lipinski definition) is 1. The van der Waals surface area contributed by atoms with Crippen molar-refractivity contribution in [1.29, 1.82) is 0 Å². The monoisotopic (exact) mass is 386 g/mol. The number of nitrogens with one attached hydrogen (secondary N) is 1. The van der Waals surface area contributed by atoms with E-state index in [1.807, 2.05) is 0 Å². The number of rotatable bonds is 9. The zero-order valence-corrected chi connectivity index (χ0v) is 15.9. The molecule has 0 heterocycles. The number of nitrogens with zero attached hydrogens (tertiary/aromatic N) is 1. The van der Waals surface area contributed by atoms with Crippen molar-refractivity contribution in [3.05, 3.63) is 79.4 Å². The van der Waals surface area contributed by atoms with Crippen molar-refractivity contribution >= 4 is 21.6 Å². The maximum Gasteiger partial charge on any atom is 0.255 e. The van der Waals surface area contributed by atoms with Gasteiger partial charge in [0.05, 0.1) is 12.0 Å². The van der Waals surface area contributed by atoms with Gasteiger partial charge in [0, 0.05) is 24.3 Å². The minimum atomic E-state index is -3.69. The zero-order chi connectivity index (χ0) is 19.9. The molecule has 142 valence electrons. The molecule has 1 N–H and O–H groups in total. The molecule has 0 spiro atoms. The summed E-state index contributed by atoms with van der Waals surface area (Å²) in [5, 5.41) is 2.75. The van der Waals surface area contributed by atoms with Crippen LogP contribution in [0.25, 0.3) is 0 Å². The minimum absolute atomic E-state index is 0.104. The number of carbonyl (C=O) groups excluding carboxylic acids is 1. The number of carbonyl (C=O) groups is 1. The maximum absolute atomic E-state index is 12.7. The number of sulfonamides is 1. The summed E-state index contributed by atoms with van der Waals surface area (Å²) in [6, 6.07) is 12.7. The summed E-state index contributed by atoms with van der Waals surface area (Å²) in [7, 11) is -2.13. The second-order valence-electron chi connectivity index (χ2n) is 5.61. The molecule has 0 aromatic heterocycles. The van der Waals surface area contributed by atoms with Gasteiger partial charge in [-0.15, -0.1) is 13.2 Å². The predicted molar refractivity (Wildman–Crippen MR) is 107 cm³/mol. The van der Waals surface area contributed by atoms with E-state index in [0.717, 1.165) is 0 Å². The Morgan fingerprint density at radius 2 is 1.59 bits per heavy atom. The Hall–Kier alpha value is -2.90. The van der Waals surface area contributed by atoms with Crippen molar-refractivity contribution in [2.45, 2.75) is 4.90 Å². The first-order valence-electron chi connectivity index (χ1n) is 8.19. The average molecular weight is 386 g/mol. The van der Waals surface area contributed by atoms with E-state index in [0.29, 0.717) is 17.0 Å². The van der Waals surface area contributed by atoms with E-state index < -0.39 is 10.0 Å². The van der Waals surface area contributed by atoms with Crippen LogP contribution in [0.5, 0.6) is 5.75 Å². The molecule has 2 aromatic carbocycles. The summed E-state index contributed by atoms with van der Waals surface area (Å²) in [4.78, 5) is 12.4. The van der Waals surface area contributed by atoms with Crippen LogP contribution in [0.3, 0.4) is 0 Å². The van der Waals surface area contributed by atoms with E-state index in [1.54, 1.807) is 31.4 Å². The van der Waals surface area contributed by atoms with Gasteiger partial charge in [0.25, 0.3) is 5.91 Å². The van der Waals surface area contributed by atoms with Gasteiger partial charge in [0.15, 0.2) is 0 Å². The molecule has 6 nitrogen and oxygen atoms in total. The highest BCUT2D eigenvalue weighted by Crippen LogP contribution is 2.19. The number of benzene rings is 2. The Bertz CT molecular complexity index is 894. The van der Waals surface area contributed by atoms with E-state index >= 15 is 0 Å². The summed E-state index contributed by atoms with van der Waals surface area (Å²) in [6.45, 7) is 7.50. The van der Waals surface area contributed by atoms with Gasteiger partial charge in [-0.1, -0.05) is 12.2 Å². The van der Waals surface area contributed by atoms with Crippen LogP contribution in [-0.4, -0.2) is 38.8 Å². The van der Waals surface area contributed by atoms with Gasteiger partial charge < -0.3 is 10.1 Å². The fraction of sp³-hybridized carbons (Fsp3) is 0.150. The first-order chi connectivity index (χ1) is 12.9. The summed E-state index contributed by atoms with van der Waals surface area (Å²) >= 11 is 0. The van der Waals surface area contributed by atoms with Gasteiger partial charge in [-0.25, -0.2) is 8.42 Å². The predicted octanol–water partition coefficient (Wildman–Crippen LogP) is 3.31. The second kappa shape index (κ2) is 9.16. The smallest absolute Gasteiger partial charge is 0.255 e. The topological polar surface area (TPSA) is 75.7 Å². The fourth-order valence-corrected chi connectivity index (χ4v) is 3.75. The Kier molecular flexibility index (Phi) is 6.92. The zero-order valence-electron chi connectivity index (χ0n) is 15.1. The first-order valence-corrected chi connectivity index (χ1v) is 9.63. The number of anilines is 1. The molecular weight excluding hydrogens is 364 g/mol. The molecular formula is C20H22N2O4S. The van der Waals surface area contributed by atoms with Crippen molar-refractivity contribution in [3.63, 3.8) is 0 Å². The maximum atomic E-state index is 12.7. The van der Waals surface area contributed by atoms with E-state index in [9.17, 15) is 13.2 Å². The molecule has 0 aliphatic rings. The van der Waals surface area contributed by atoms with Crippen molar-refractivity contribution in [2.75, 3.05) is 25.5 Å². The van der Waals surface area contributed by atoms with E-state index in [-0.39, 0.29) is 23.9 Å². The fourth-order valence-electron chi connectivity index (χ4n) is 2.36. The lowest BCUT2D eigenvalue weighted by molar-refractivity contribution is 0.102. The van der Waals surface area contributed by atoms with Gasteiger partial charge in [0.2, 0.25) is 10.0 Å². The number of amides is 1. The van der Waals surface area contributed by atoms with Crippen LogP contribution in [0.15, 0.2) is 78.7 Å². The molecule has 0 unspecified atom stereocenters. The molecule has 27 heavy (non-hydrogen) atoms. The van der Waals surface area contributed by atoms with Gasteiger partial charge in [-0.05, 0) is 48.5 Å². The number of methoxy groups -OCH3 is 1. The Morgan fingerprint density at radius 1 is 1.04 bits per heavy atom. The summed E-state index contributed by atoms with van der Waals surface area (Å²) in [6.07, 6.45) is 3.02. The number of hydrogen-bond acceptors (Lipinski definition) is 4. The Balaban J connectivity index is 2.16. The highest BCUT2D eigenvalue weighted by atomic mass is 32.2. The van der Waals surface area contributed by atoms with Crippen molar-refractivity contribution in [2.24, 2.45) is 0 Å². The highest BCUT2D eigenvalue weighted by molar-refractivity contribution is 7.89. The third-order valence-corrected chi connectivity index (χ3v) is 5.61. The quantitative estimate of drug-likeness (QED) is 0.671. The van der Waals surface area contributed by atoms with Crippen LogP contribution < -0.4 is 10.1 Å². The van der Waals surface area contributed by atoms with Gasteiger partial charge in [-0.2, -0.15) is 4.31 Å². The summed E-state index contributed by atoms with van der Waals surface area (Å²) < 4.78 is 31.6. The average Bonchev–Trinajstić information content (AvgIpc) is 2.68. The van der Waals surface area contributed by atoms with E-state index in [1.165, 1.54) is 40.7 Å². The standard InChI is InChI=1S/C20H22N2O4S/c1-4-14-22(15-5-2)27(24,25)19-12-6-16(7-13-19)20(23)21-17-8-10-18(26-3)11-9-17/h4-13H,1-2,14-15H2,3H3,(H,21,23). The molecule has 0 fully saturated rings. The van der Waals surface area contributed by atoms with Crippen LogP contribution in [0.4, 0.5) is 5.69 Å². The second-order valence-corrected chi connectivity index (χ2v) is 7.54. The molecule has 0 bridgehead atoms. The highest BCUT2D eigenvalue weighted by Gasteiger charge is 2.22. The summed E-state index contributed by atoms with van der Waals surface area (Å²) in [5.74, 6) is 0.351. The van der Waals surface area contributed by atoms with Crippen LogP contribution >= 0.6 is 0 Å². The molecule has 2 aromatic rings. The minimum Gasteiger partial charge on any atom is -0.497 e. The molecule has 1 amide bonds. The third-order valence-electron chi connectivity index (χ3n) is 3.77. The molecule has 0 radical (unpaired) electrons. The van der Waals surface area contributed by atoms with Crippen LogP contribution in [0.2, 0.25) is 0 Å². The van der Waals surface area contributed by atoms with Crippen LogP contribution in [0.1, 0.15) is 10.4 Å². The molecule has 0 saturated heterocycles. The Labute approximate surface area is 159 Å². The molecule has 0 aliphatic carbocycles. The lowest BCUT2D eigenvalue weighted by Crippen LogP contribution is -2.31. The third kappa shape index (κ3) is 5.06. The van der Waals surface area contributed by atoms with Crippen molar-refractivity contribution in [1.82, 2.24) is 4.31 Å². The molecule has 0 atom stereocenters. The largest absolute Gasteiger partial charge is 0.497 e. The van der Waals surface area contributed by atoms with Gasteiger partial charge in [-0.3, -0.25) is 4.79 Å². The lowest BCUT2D eigenvalue weighted by Gasteiger charge is -2.19. The van der Waals surface area contributed by atoms with E-state index in [4.69, 9.17) is 4.74 Å². The van der Waals surface area contributed by atoms with Crippen molar-refractivity contribution < 1.29 is 17.9 Å². The van der Waals surface area contributed by atoms with Crippen LogP contribution in [-0.2, 0) is 10.0 Å². The first kappa shape index (κ1) is 20.4. The Morgan fingerprint density at radius 3 is 2.07 bits per heavy atom. The molecule has 0 aliphatic heterocycles. The van der Waals surface area contributed by atoms with Gasteiger partial charge >= 0.3 is 0 Å². The normalized spacial score (nSPS) is 11.0. The van der Waals surface area contributed by atoms with E-state index in [2.05, 4.69) is 18.5 Å². The molecule has 0 saturated carbocycles. The lowest BCUT2D eigenvalue weighted by atomic mass is 10.2. The molecule has 7 heteroatoms. The molecule has 2 rings (SSSR count). The SMILES string of the molecule is C=CCN(CC=C)S(=O)(=O)c1ccc(C(=O)Nc2ccc(OC)cc2)cc1. The van der Waals surface area contributed by atoms with Gasteiger partial charge in [0.1, 0.15) is 5.75 Å². The van der Waals surface area contributed by atoms with Crippen LogP contribution in [0, 0.1) is 0 Å². The number of ether oxygens (including phenoxy) is 1. The summed E-state index contributed by atoms with van der Waals surface area (Å²) in [5.41, 5.74) is 0.962. The van der Waals surface area contributed by atoms with Crippen molar-refractivity contribution in [3.8, 4) is 5.75 Å².